The van der Waals surface area contributed by atoms with E-state index in [1.165, 1.54) is 25.1 Å². The first-order valence-electron chi connectivity index (χ1n) is 10.3. The predicted molar refractivity (Wildman–Crippen MR) is 117 cm³/mol. The van der Waals surface area contributed by atoms with Gasteiger partial charge in [0.25, 0.3) is 5.91 Å². The van der Waals surface area contributed by atoms with Crippen molar-refractivity contribution in [2.24, 2.45) is 0 Å². The van der Waals surface area contributed by atoms with Crippen LogP contribution in [0.3, 0.4) is 0 Å². The Hall–Kier alpha value is -3.65. The number of morpholine rings is 1. The van der Waals surface area contributed by atoms with Crippen molar-refractivity contribution in [1.29, 1.82) is 0 Å². The summed E-state index contributed by atoms with van der Waals surface area (Å²) in [5.74, 6) is -1.23. The van der Waals surface area contributed by atoms with Crippen molar-refractivity contribution in [2.45, 2.75) is 13.0 Å². The standard InChI is InChI=1S/C24H23FN2O5/c1-16(23(28)26-19-6-8-20(9-7-19)27-12-14-30-15-13-27)31-24(29)22-11-10-21(32-22)17-2-4-18(25)5-3-17/h2-11,16H,12-15H2,1H3,(H,26,28). The van der Waals surface area contributed by atoms with Gasteiger partial charge in [0.2, 0.25) is 5.76 Å². The fraction of sp³-hybridized carbons (Fsp3) is 0.250. The van der Waals surface area contributed by atoms with Crippen LogP contribution in [0.1, 0.15) is 17.5 Å². The summed E-state index contributed by atoms with van der Waals surface area (Å²) in [6.45, 7) is 4.53. The molecule has 0 aliphatic carbocycles. The first kappa shape index (κ1) is 21.6. The molecule has 1 N–H and O–H groups in total. The summed E-state index contributed by atoms with van der Waals surface area (Å²) in [7, 11) is 0. The topological polar surface area (TPSA) is 81.0 Å². The van der Waals surface area contributed by atoms with Crippen LogP contribution in [0.25, 0.3) is 11.3 Å². The van der Waals surface area contributed by atoms with Crippen LogP contribution < -0.4 is 10.2 Å². The molecule has 0 bridgehead atoms. The lowest BCUT2D eigenvalue weighted by atomic mass is 10.2. The maximum atomic E-state index is 13.1. The Bertz CT molecular complexity index is 1070. The number of carbonyl (C=O) groups excluding carboxylic acids is 2. The van der Waals surface area contributed by atoms with Gasteiger partial charge in [0.05, 0.1) is 13.2 Å². The molecule has 166 valence electrons. The molecule has 2 heterocycles. The number of amides is 1. The molecule has 1 unspecified atom stereocenters. The van der Waals surface area contributed by atoms with Gasteiger partial charge in [-0.15, -0.1) is 0 Å². The molecule has 0 spiro atoms. The van der Waals surface area contributed by atoms with Crippen LogP contribution in [0, 0.1) is 5.82 Å². The molecule has 1 atom stereocenters. The molecule has 1 fully saturated rings. The highest BCUT2D eigenvalue weighted by atomic mass is 19.1. The summed E-state index contributed by atoms with van der Waals surface area (Å²) >= 11 is 0. The van der Waals surface area contributed by atoms with Crippen LogP contribution in [0.4, 0.5) is 15.8 Å². The van der Waals surface area contributed by atoms with E-state index in [2.05, 4.69) is 10.2 Å². The van der Waals surface area contributed by atoms with Crippen molar-refractivity contribution in [1.82, 2.24) is 0 Å². The molecule has 1 aliphatic heterocycles. The smallest absolute Gasteiger partial charge is 0.375 e. The highest BCUT2D eigenvalue weighted by molar-refractivity contribution is 5.96. The summed E-state index contributed by atoms with van der Waals surface area (Å²) in [5, 5.41) is 2.74. The average Bonchev–Trinajstić information content (AvgIpc) is 3.31. The van der Waals surface area contributed by atoms with E-state index in [1.54, 1.807) is 30.3 Å². The van der Waals surface area contributed by atoms with E-state index < -0.39 is 18.0 Å². The fourth-order valence-electron chi connectivity index (χ4n) is 3.31. The first-order valence-corrected chi connectivity index (χ1v) is 10.3. The Balaban J connectivity index is 1.32. The molecule has 0 saturated carbocycles. The maximum absolute atomic E-state index is 13.1. The molecule has 2 aromatic carbocycles. The van der Waals surface area contributed by atoms with Crippen LogP contribution in [-0.4, -0.2) is 44.3 Å². The number of halogens is 1. The van der Waals surface area contributed by atoms with Crippen LogP contribution in [-0.2, 0) is 14.3 Å². The van der Waals surface area contributed by atoms with E-state index in [0.29, 0.717) is 30.2 Å². The van der Waals surface area contributed by atoms with Crippen molar-refractivity contribution >= 4 is 23.3 Å². The van der Waals surface area contributed by atoms with Crippen molar-refractivity contribution in [2.75, 3.05) is 36.5 Å². The third kappa shape index (κ3) is 5.15. The molecule has 1 saturated heterocycles. The van der Waals surface area contributed by atoms with Gasteiger partial charge in [-0.25, -0.2) is 9.18 Å². The zero-order valence-electron chi connectivity index (χ0n) is 17.5. The van der Waals surface area contributed by atoms with Crippen LogP contribution in [0.15, 0.2) is 65.1 Å². The minimum Gasteiger partial charge on any atom is -0.449 e. The number of esters is 1. The Morgan fingerprint density at radius 3 is 2.38 bits per heavy atom. The lowest BCUT2D eigenvalue weighted by molar-refractivity contribution is -0.123. The van der Waals surface area contributed by atoms with Crippen LogP contribution >= 0.6 is 0 Å². The van der Waals surface area contributed by atoms with Gasteiger partial charge in [-0.1, -0.05) is 0 Å². The largest absolute Gasteiger partial charge is 0.449 e. The summed E-state index contributed by atoms with van der Waals surface area (Å²) in [5.41, 5.74) is 2.28. The van der Waals surface area contributed by atoms with Gasteiger partial charge in [-0.3, -0.25) is 4.79 Å². The summed E-state index contributed by atoms with van der Waals surface area (Å²) in [6.07, 6.45) is -1.03. The SMILES string of the molecule is CC(OC(=O)c1ccc(-c2ccc(F)cc2)o1)C(=O)Nc1ccc(N2CCOCC2)cc1. The molecule has 0 radical (unpaired) electrons. The van der Waals surface area contributed by atoms with Crippen LogP contribution in [0.2, 0.25) is 0 Å². The number of anilines is 2. The minimum atomic E-state index is -1.03. The van der Waals surface area contributed by atoms with Gasteiger partial charge in [0.15, 0.2) is 6.10 Å². The molecule has 7 nitrogen and oxygen atoms in total. The fourth-order valence-corrected chi connectivity index (χ4v) is 3.31. The Morgan fingerprint density at radius 2 is 1.69 bits per heavy atom. The molecule has 1 aromatic heterocycles. The van der Waals surface area contributed by atoms with E-state index in [9.17, 15) is 14.0 Å². The van der Waals surface area contributed by atoms with Crippen molar-refractivity contribution in [3.8, 4) is 11.3 Å². The van der Waals surface area contributed by atoms with Gasteiger partial charge in [-0.2, -0.15) is 0 Å². The molecule has 8 heteroatoms. The van der Waals surface area contributed by atoms with Gasteiger partial charge in [0.1, 0.15) is 11.6 Å². The van der Waals surface area contributed by atoms with Crippen molar-refractivity contribution in [3.63, 3.8) is 0 Å². The Morgan fingerprint density at radius 1 is 1.00 bits per heavy atom. The first-order chi connectivity index (χ1) is 15.5. The molecule has 3 aromatic rings. The number of carbonyl (C=O) groups is 2. The van der Waals surface area contributed by atoms with Crippen molar-refractivity contribution < 1.29 is 27.9 Å². The highest BCUT2D eigenvalue weighted by Gasteiger charge is 2.22. The van der Waals surface area contributed by atoms with Gasteiger partial charge in [0, 0.05) is 30.0 Å². The van der Waals surface area contributed by atoms with Gasteiger partial charge in [-0.05, 0) is 67.6 Å². The third-order valence-corrected chi connectivity index (χ3v) is 5.10. The average molecular weight is 438 g/mol. The summed E-state index contributed by atoms with van der Waals surface area (Å²) in [6, 6.07) is 16.2. The lowest BCUT2D eigenvalue weighted by Gasteiger charge is -2.28. The second kappa shape index (κ2) is 9.65. The summed E-state index contributed by atoms with van der Waals surface area (Å²) in [4.78, 5) is 27.0. The van der Waals surface area contributed by atoms with Crippen molar-refractivity contribution in [3.05, 3.63) is 72.2 Å². The third-order valence-electron chi connectivity index (χ3n) is 5.10. The molecule has 32 heavy (non-hydrogen) atoms. The number of nitrogens with zero attached hydrogens (tertiary/aromatic N) is 1. The zero-order valence-corrected chi connectivity index (χ0v) is 17.5. The maximum Gasteiger partial charge on any atom is 0.375 e. The number of rotatable bonds is 6. The normalized spacial score (nSPS) is 14.6. The van der Waals surface area contributed by atoms with Gasteiger partial charge >= 0.3 is 5.97 Å². The molecule has 1 amide bonds. The number of hydrogen-bond donors (Lipinski definition) is 1. The highest BCUT2D eigenvalue weighted by Crippen LogP contribution is 2.23. The number of ether oxygens (including phenoxy) is 2. The van der Waals surface area contributed by atoms with Gasteiger partial charge < -0.3 is 24.1 Å². The minimum absolute atomic E-state index is 0.0427. The van der Waals surface area contributed by atoms with E-state index in [-0.39, 0.29) is 11.6 Å². The second-order valence-electron chi connectivity index (χ2n) is 7.35. The zero-order chi connectivity index (χ0) is 22.5. The lowest BCUT2D eigenvalue weighted by Crippen LogP contribution is -2.36. The molecular weight excluding hydrogens is 415 g/mol. The Labute approximate surface area is 184 Å². The van der Waals surface area contributed by atoms with E-state index in [1.807, 2.05) is 12.1 Å². The predicted octanol–water partition coefficient (Wildman–Crippen LogP) is 4.11. The number of benzene rings is 2. The number of hydrogen-bond acceptors (Lipinski definition) is 6. The Kier molecular flexibility index (Phi) is 6.51. The summed E-state index contributed by atoms with van der Waals surface area (Å²) < 4.78 is 29.2. The number of furan rings is 1. The van der Waals surface area contributed by atoms with E-state index in [0.717, 1.165) is 18.8 Å². The molecule has 4 rings (SSSR count). The second-order valence-corrected chi connectivity index (χ2v) is 7.35. The molecular formula is C24H23FN2O5. The number of nitrogens with one attached hydrogen (secondary N) is 1. The molecule has 1 aliphatic rings. The monoisotopic (exact) mass is 438 g/mol. The quantitative estimate of drug-likeness (QED) is 0.584. The van der Waals surface area contributed by atoms with E-state index in [4.69, 9.17) is 13.9 Å². The van der Waals surface area contributed by atoms with E-state index >= 15 is 0 Å². The van der Waals surface area contributed by atoms with Crippen LogP contribution in [0.5, 0.6) is 0 Å².